The van der Waals surface area contributed by atoms with Gasteiger partial charge in [0.1, 0.15) is 0 Å². The van der Waals surface area contributed by atoms with Gasteiger partial charge in [0, 0.05) is 23.9 Å². The van der Waals surface area contributed by atoms with Crippen LogP contribution in [0.3, 0.4) is 0 Å². The number of carboxylic acids is 4. The third-order valence-electron chi connectivity index (χ3n) is 0. The van der Waals surface area contributed by atoms with E-state index in [9.17, 15) is 0 Å². The number of hydrogen-bond donors (Lipinski definition) is 0. The molecule has 0 amide bonds. The Morgan fingerprint density at radius 2 is 0.579 bits per heavy atom. The van der Waals surface area contributed by atoms with Crippen LogP contribution in [0.25, 0.3) is 0 Å². The molecule has 0 atom stereocenters. The van der Waals surface area contributed by atoms with Crippen LogP contribution in [0.15, 0.2) is 0 Å². The van der Waals surface area contributed by atoms with Crippen LogP contribution in [0.5, 0.6) is 0 Å². The zero-order valence-corrected chi connectivity index (χ0v) is 19.3. The van der Waals surface area contributed by atoms with E-state index in [0.29, 0.717) is 0 Å². The van der Waals surface area contributed by atoms with Crippen molar-refractivity contribution in [2.24, 2.45) is 0 Å². The Morgan fingerprint density at radius 1 is 0.579 bits per heavy atom. The molecule has 0 bridgehead atoms. The van der Waals surface area contributed by atoms with Crippen molar-refractivity contribution in [3.63, 3.8) is 0 Å². The zero-order valence-electron chi connectivity index (χ0n) is 12.0. The molecule has 19 heavy (non-hydrogen) atoms. The fourth-order valence-corrected chi connectivity index (χ4v) is 0. The Bertz CT molecular complexity index is 173. The van der Waals surface area contributed by atoms with E-state index in [1.807, 2.05) is 0 Å². The number of carbonyl (C=O) groups is 4. The van der Waals surface area contributed by atoms with Gasteiger partial charge in [0.2, 0.25) is 0 Å². The molecular weight excluding hydrogens is 326 g/mol. The summed E-state index contributed by atoms with van der Waals surface area (Å²) in [6.45, 7) is 3.89. The number of carbonyl (C=O) groups excluding carboxylic acids is 4. The van der Waals surface area contributed by atoms with Gasteiger partial charge in [-0.15, -0.1) is 0 Å². The summed E-state index contributed by atoms with van der Waals surface area (Å²) in [4.78, 5) is 35.6. The predicted octanol–water partition coefficient (Wildman–Crippen LogP) is -11.3. The zero-order chi connectivity index (χ0) is 14.3. The normalized spacial score (nSPS) is 5.26. The van der Waals surface area contributed by atoms with Crippen LogP contribution in [0.1, 0.15) is 27.7 Å². The van der Waals surface area contributed by atoms with Crippen LogP contribution >= 0.6 is 0 Å². The van der Waals surface area contributed by atoms with Crippen molar-refractivity contribution in [3.05, 3.63) is 0 Å². The molecule has 0 rings (SSSR count). The number of hydrogen-bond acceptors (Lipinski definition) is 8. The minimum absolute atomic E-state index is 0. The molecule has 0 radical (unpaired) electrons. The fourth-order valence-electron chi connectivity index (χ4n) is 0. The van der Waals surface area contributed by atoms with Crippen molar-refractivity contribution in [2.45, 2.75) is 27.7 Å². The largest absolute Gasteiger partial charge is 2.00 e. The minimum Gasteiger partial charge on any atom is -0.550 e. The van der Waals surface area contributed by atoms with E-state index in [2.05, 4.69) is 0 Å². The first-order valence-electron chi connectivity index (χ1n) is 3.63. The van der Waals surface area contributed by atoms with E-state index in [1.54, 1.807) is 0 Å². The summed E-state index contributed by atoms with van der Waals surface area (Å²) in [5.74, 6) is -4.33. The summed E-state index contributed by atoms with van der Waals surface area (Å²) in [5.41, 5.74) is 0. The van der Waals surface area contributed by atoms with Crippen molar-refractivity contribution < 1.29 is 121 Å². The van der Waals surface area contributed by atoms with Crippen molar-refractivity contribution in [1.29, 1.82) is 0 Å². The Kier molecular flexibility index (Phi) is 82.8. The summed E-state index contributed by atoms with van der Waals surface area (Å²) in [5, 5.41) is 35.6. The van der Waals surface area contributed by atoms with E-state index < -0.39 is 23.9 Å². The van der Waals surface area contributed by atoms with E-state index in [-0.39, 0.29) is 119 Å². The molecule has 0 saturated heterocycles. The van der Waals surface area contributed by atoms with Crippen molar-refractivity contribution in [3.8, 4) is 0 Å². The summed E-state index contributed by atoms with van der Waals surface area (Å²) < 4.78 is 0. The quantitative estimate of drug-likeness (QED) is 0.393. The summed E-state index contributed by atoms with van der Waals surface area (Å²) in [7, 11) is 0. The summed E-state index contributed by atoms with van der Waals surface area (Å²) in [6, 6.07) is 0. The molecule has 0 aromatic carbocycles. The molecule has 0 N–H and O–H groups in total. The van der Waals surface area contributed by atoms with E-state index in [0.717, 1.165) is 27.7 Å². The molecule has 0 unspecified atom stereocenters. The number of rotatable bonds is 0. The maximum absolute atomic E-state index is 8.89. The Labute approximate surface area is 206 Å². The van der Waals surface area contributed by atoms with Gasteiger partial charge < -0.3 is 39.6 Å². The molecule has 0 aromatic heterocycles. The van der Waals surface area contributed by atoms with Crippen molar-refractivity contribution in [2.75, 3.05) is 0 Å². The third kappa shape index (κ3) is 1980. The number of aliphatic carboxylic acids is 4. The molecule has 0 aliphatic rings. The maximum Gasteiger partial charge on any atom is 2.00 e. The van der Waals surface area contributed by atoms with Gasteiger partial charge in [0.05, 0.1) is 0 Å². The molecule has 0 heterocycles. The topological polar surface area (TPSA) is 161 Å². The molecule has 96 valence electrons. The molecule has 0 aliphatic heterocycles. The fraction of sp³-hybridized carbons (Fsp3) is 0.500. The second-order valence-electron chi connectivity index (χ2n) is 1.97. The Balaban J connectivity index is -0.0000000192. The minimum atomic E-state index is -1.08. The molecule has 0 spiro atoms. The first-order chi connectivity index (χ1) is 6.93. The Hall–Kier alpha value is 1.78. The molecule has 0 saturated carbocycles. The monoisotopic (exact) mass is 338 g/mol. The first kappa shape index (κ1) is 42.8. The molecule has 8 nitrogen and oxygen atoms in total. The third-order valence-corrected chi connectivity index (χ3v) is 0. The summed E-state index contributed by atoms with van der Waals surface area (Å²) in [6.07, 6.45) is 0. The van der Waals surface area contributed by atoms with Crippen LogP contribution in [0.2, 0.25) is 0 Å². The van der Waals surface area contributed by atoms with Gasteiger partial charge in [-0.1, -0.05) is 0 Å². The van der Waals surface area contributed by atoms with Gasteiger partial charge in [0.25, 0.3) is 0 Å². The van der Waals surface area contributed by atoms with Crippen molar-refractivity contribution in [1.82, 2.24) is 0 Å². The summed E-state index contributed by atoms with van der Waals surface area (Å²) >= 11 is 0. The molecule has 0 aliphatic carbocycles. The van der Waals surface area contributed by atoms with E-state index >= 15 is 0 Å². The number of carboxylic acid groups (broad SMARTS) is 4. The van der Waals surface area contributed by atoms with Gasteiger partial charge in [-0.25, -0.2) is 0 Å². The van der Waals surface area contributed by atoms with Crippen molar-refractivity contribution >= 4 is 61.6 Å². The second kappa shape index (κ2) is 36.7. The van der Waals surface area contributed by atoms with Crippen LogP contribution in [0, 0.1) is 0 Å². The van der Waals surface area contributed by atoms with Crippen LogP contribution in [0.4, 0.5) is 0 Å². The smallest absolute Gasteiger partial charge is 0.550 e. The van der Waals surface area contributed by atoms with Gasteiger partial charge in [0.15, 0.2) is 0 Å². The molecule has 11 heteroatoms. The SMILES string of the molecule is CC(=O)[O-].CC(=O)[O-].CC(=O)[O-].CC(=O)[O-].[Ca+2].[K+].[Na+]. The van der Waals surface area contributed by atoms with E-state index in [4.69, 9.17) is 39.6 Å². The molecule has 0 fully saturated rings. The second-order valence-corrected chi connectivity index (χ2v) is 1.97. The predicted molar refractivity (Wildman–Crippen MR) is 48.5 cm³/mol. The first-order valence-corrected chi connectivity index (χ1v) is 3.63. The standard InChI is InChI=1S/4C2H4O2.Ca.K.Na/c4*1-2(3)4;;;/h4*1H3,(H,3,4);;;/q;;;;+2;2*+1/p-4. The van der Waals surface area contributed by atoms with Crippen LogP contribution < -0.4 is 101 Å². The van der Waals surface area contributed by atoms with Gasteiger partial charge >= 0.3 is 119 Å². The maximum atomic E-state index is 8.89. The average Bonchev–Trinajstić information content (AvgIpc) is 1.76. The van der Waals surface area contributed by atoms with E-state index in [1.165, 1.54) is 0 Å². The molecular formula is C8H12CaKNaO8. The molecule has 0 aromatic rings. The average molecular weight is 338 g/mol. The van der Waals surface area contributed by atoms with Gasteiger partial charge in [-0.3, -0.25) is 0 Å². The van der Waals surface area contributed by atoms with Crippen LogP contribution in [-0.4, -0.2) is 61.6 Å². The van der Waals surface area contributed by atoms with Crippen LogP contribution in [-0.2, 0) is 19.2 Å². The van der Waals surface area contributed by atoms with Gasteiger partial charge in [-0.05, 0) is 27.7 Å². The van der Waals surface area contributed by atoms with Gasteiger partial charge in [-0.2, -0.15) is 0 Å². The Morgan fingerprint density at radius 3 is 0.579 bits per heavy atom.